The van der Waals surface area contributed by atoms with Crippen LogP contribution in [0.25, 0.3) is 0 Å². The van der Waals surface area contributed by atoms with Crippen molar-refractivity contribution in [2.24, 2.45) is 5.92 Å². The number of nitrogens with two attached hydrogens (primary N) is 1. The molecule has 3 N–H and O–H groups in total. The van der Waals surface area contributed by atoms with Gasteiger partial charge in [-0.1, -0.05) is 32.0 Å². The summed E-state index contributed by atoms with van der Waals surface area (Å²) in [5.41, 5.74) is 7.89. The quantitative estimate of drug-likeness (QED) is 0.555. The Hall–Kier alpha value is -1.02. The maximum Gasteiger partial charge on any atom is 0.0359 e. The summed E-state index contributed by atoms with van der Waals surface area (Å²) in [5, 5.41) is 3.39. The molecule has 0 bridgehead atoms. The van der Waals surface area contributed by atoms with Crippen molar-refractivity contribution >= 4 is 5.69 Å². The molecular weight excluding hydrogens is 172 g/mol. The number of nitrogen functional groups attached to an aromatic ring is 1. The van der Waals surface area contributed by atoms with Crippen molar-refractivity contribution in [2.75, 3.05) is 12.3 Å². The monoisotopic (exact) mass is 192 g/mol. The van der Waals surface area contributed by atoms with Crippen LogP contribution in [0.1, 0.15) is 25.8 Å². The number of hydrogen-bond acceptors (Lipinski definition) is 2. The maximum absolute atomic E-state index is 5.82. The van der Waals surface area contributed by atoms with Crippen molar-refractivity contribution in [1.29, 1.82) is 0 Å². The minimum Gasteiger partial charge on any atom is -0.398 e. The standard InChI is InChI=1S/C12H20N2/c1-10(2)7-8-14-9-11-5-3-4-6-12(11)13/h3-6,10,14H,7-9,13H2,1-2H3. The molecule has 0 aliphatic rings. The van der Waals surface area contributed by atoms with Crippen molar-refractivity contribution in [3.8, 4) is 0 Å². The molecule has 78 valence electrons. The van der Waals surface area contributed by atoms with Gasteiger partial charge in [-0.3, -0.25) is 0 Å². The third-order valence-electron chi connectivity index (χ3n) is 2.27. The second kappa shape index (κ2) is 5.66. The van der Waals surface area contributed by atoms with Crippen molar-refractivity contribution in [1.82, 2.24) is 5.32 Å². The number of para-hydroxylation sites is 1. The number of nitrogens with one attached hydrogen (secondary N) is 1. The first kappa shape index (κ1) is 11.1. The third-order valence-corrected chi connectivity index (χ3v) is 2.27. The van der Waals surface area contributed by atoms with Crippen LogP contribution >= 0.6 is 0 Å². The Labute approximate surface area is 86.5 Å². The Morgan fingerprint density at radius 1 is 1.29 bits per heavy atom. The Morgan fingerprint density at radius 3 is 2.64 bits per heavy atom. The summed E-state index contributed by atoms with van der Waals surface area (Å²) in [6, 6.07) is 8.00. The fourth-order valence-corrected chi connectivity index (χ4v) is 1.31. The van der Waals surface area contributed by atoms with Crippen molar-refractivity contribution in [2.45, 2.75) is 26.8 Å². The SMILES string of the molecule is CC(C)CCNCc1ccccc1N. The third kappa shape index (κ3) is 3.79. The molecule has 0 aliphatic heterocycles. The predicted octanol–water partition coefficient (Wildman–Crippen LogP) is 2.40. The van der Waals surface area contributed by atoms with Crippen LogP contribution in [-0.2, 0) is 6.54 Å². The van der Waals surface area contributed by atoms with Gasteiger partial charge in [-0.15, -0.1) is 0 Å². The fourth-order valence-electron chi connectivity index (χ4n) is 1.31. The summed E-state index contributed by atoms with van der Waals surface area (Å²) >= 11 is 0. The number of rotatable bonds is 5. The van der Waals surface area contributed by atoms with E-state index in [0.717, 1.165) is 24.7 Å². The zero-order chi connectivity index (χ0) is 10.4. The van der Waals surface area contributed by atoms with E-state index in [9.17, 15) is 0 Å². The van der Waals surface area contributed by atoms with E-state index in [1.165, 1.54) is 12.0 Å². The smallest absolute Gasteiger partial charge is 0.0359 e. The highest BCUT2D eigenvalue weighted by Crippen LogP contribution is 2.09. The molecule has 0 heterocycles. The van der Waals surface area contributed by atoms with Gasteiger partial charge in [-0.2, -0.15) is 0 Å². The summed E-state index contributed by atoms with van der Waals surface area (Å²) in [5.74, 6) is 0.760. The van der Waals surface area contributed by atoms with Gasteiger partial charge in [-0.05, 0) is 30.5 Å². The van der Waals surface area contributed by atoms with Gasteiger partial charge in [0, 0.05) is 12.2 Å². The Morgan fingerprint density at radius 2 is 2.00 bits per heavy atom. The fraction of sp³-hybridized carbons (Fsp3) is 0.500. The Bertz CT molecular complexity index is 269. The molecule has 0 spiro atoms. The molecular formula is C12H20N2. The normalized spacial score (nSPS) is 10.8. The topological polar surface area (TPSA) is 38.0 Å². The van der Waals surface area contributed by atoms with Crippen LogP contribution in [0, 0.1) is 5.92 Å². The lowest BCUT2D eigenvalue weighted by atomic mass is 10.1. The molecule has 0 atom stereocenters. The first-order valence-corrected chi connectivity index (χ1v) is 5.24. The van der Waals surface area contributed by atoms with Crippen LogP contribution in [0.5, 0.6) is 0 Å². The van der Waals surface area contributed by atoms with E-state index in [4.69, 9.17) is 5.73 Å². The van der Waals surface area contributed by atoms with E-state index in [1.54, 1.807) is 0 Å². The molecule has 0 amide bonds. The average Bonchev–Trinajstić information content (AvgIpc) is 2.15. The second-order valence-electron chi connectivity index (χ2n) is 4.06. The van der Waals surface area contributed by atoms with Gasteiger partial charge in [0.1, 0.15) is 0 Å². The summed E-state index contributed by atoms with van der Waals surface area (Å²) in [6.07, 6.45) is 1.22. The van der Waals surface area contributed by atoms with Crippen molar-refractivity contribution in [3.63, 3.8) is 0 Å². The minimum absolute atomic E-state index is 0.760. The first-order valence-electron chi connectivity index (χ1n) is 5.24. The molecule has 0 unspecified atom stereocenters. The van der Waals surface area contributed by atoms with E-state index >= 15 is 0 Å². The largest absolute Gasteiger partial charge is 0.398 e. The highest BCUT2D eigenvalue weighted by atomic mass is 14.8. The van der Waals surface area contributed by atoms with Crippen LogP contribution in [0.2, 0.25) is 0 Å². The minimum atomic E-state index is 0.760. The molecule has 0 aliphatic carbocycles. The van der Waals surface area contributed by atoms with E-state index < -0.39 is 0 Å². The molecule has 0 fully saturated rings. The molecule has 0 saturated heterocycles. The maximum atomic E-state index is 5.82. The van der Waals surface area contributed by atoms with Gasteiger partial charge in [0.15, 0.2) is 0 Å². The van der Waals surface area contributed by atoms with Gasteiger partial charge in [0.05, 0.1) is 0 Å². The molecule has 1 rings (SSSR count). The lowest BCUT2D eigenvalue weighted by molar-refractivity contribution is 0.538. The van der Waals surface area contributed by atoms with E-state index in [0.29, 0.717) is 0 Å². The average molecular weight is 192 g/mol. The second-order valence-corrected chi connectivity index (χ2v) is 4.06. The molecule has 2 heteroatoms. The summed E-state index contributed by atoms with van der Waals surface area (Å²) in [7, 11) is 0. The van der Waals surface area contributed by atoms with Gasteiger partial charge in [0.25, 0.3) is 0 Å². The van der Waals surface area contributed by atoms with E-state index in [2.05, 4.69) is 25.2 Å². The highest BCUT2D eigenvalue weighted by Gasteiger charge is 1.97. The number of anilines is 1. The zero-order valence-corrected chi connectivity index (χ0v) is 9.09. The van der Waals surface area contributed by atoms with Gasteiger partial charge < -0.3 is 11.1 Å². The van der Waals surface area contributed by atoms with Gasteiger partial charge >= 0.3 is 0 Å². The number of hydrogen-bond donors (Lipinski definition) is 2. The first-order chi connectivity index (χ1) is 6.70. The Balaban J connectivity index is 2.28. The molecule has 0 aromatic heterocycles. The molecule has 1 aromatic carbocycles. The van der Waals surface area contributed by atoms with Crippen molar-refractivity contribution in [3.05, 3.63) is 29.8 Å². The lowest BCUT2D eigenvalue weighted by Gasteiger charge is -2.08. The van der Waals surface area contributed by atoms with Crippen LogP contribution < -0.4 is 11.1 Å². The van der Waals surface area contributed by atoms with Gasteiger partial charge in [0.2, 0.25) is 0 Å². The summed E-state index contributed by atoms with van der Waals surface area (Å²) in [6.45, 7) is 6.41. The van der Waals surface area contributed by atoms with Crippen molar-refractivity contribution < 1.29 is 0 Å². The molecule has 0 saturated carbocycles. The number of benzene rings is 1. The van der Waals surface area contributed by atoms with Crippen LogP contribution in [0.3, 0.4) is 0 Å². The Kier molecular flexibility index (Phi) is 4.47. The van der Waals surface area contributed by atoms with E-state index in [-0.39, 0.29) is 0 Å². The zero-order valence-electron chi connectivity index (χ0n) is 9.09. The summed E-state index contributed by atoms with van der Waals surface area (Å²) in [4.78, 5) is 0. The van der Waals surface area contributed by atoms with Crippen LogP contribution in [0.4, 0.5) is 5.69 Å². The predicted molar refractivity (Wildman–Crippen MR) is 62.0 cm³/mol. The van der Waals surface area contributed by atoms with Crippen LogP contribution in [-0.4, -0.2) is 6.54 Å². The van der Waals surface area contributed by atoms with Gasteiger partial charge in [-0.25, -0.2) is 0 Å². The molecule has 14 heavy (non-hydrogen) atoms. The summed E-state index contributed by atoms with van der Waals surface area (Å²) < 4.78 is 0. The highest BCUT2D eigenvalue weighted by molar-refractivity contribution is 5.46. The molecule has 1 aromatic rings. The lowest BCUT2D eigenvalue weighted by Crippen LogP contribution is -2.17. The molecule has 0 radical (unpaired) electrons. The van der Waals surface area contributed by atoms with E-state index in [1.807, 2.05) is 18.2 Å². The van der Waals surface area contributed by atoms with Crippen LogP contribution in [0.15, 0.2) is 24.3 Å². The molecule has 2 nitrogen and oxygen atoms in total.